The zero-order chi connectivity index (χ0) is 15.4. The van der Waals surface area contributed by atoms with Gasteiger partial charge >= 0.3 is 0 Å². The van der Waals surface area contributed by atoms with Gasteiger partial charge in [0.05, 0.1) is 17.8 Å². The molecule has 0 fully saturated rings. The fourth-order valence-electron chi connectivity index (χ4n) is 2.28. The minimum Gasteiger partial charge on any atom is -0.350 e. The number of hydrogen-bond donors (Lipinski definition) is 1. The van der Waals surface area contributed by atoms with Crippen LogP contribution in [0, 0.1) is 6.92 Å². The van der Waals surface area contributed by atoms with Gasteiger partial charge in [-0.05, 0) is 26.6 Å². The molecular formula is C16H22N4O. The van der Waals surface area contributed by atoms with Crippen LogP contribution >= 0.6 is 0 Å². The van der Waals surface area contributed by atoms with Gasteiger partial charge in [-0.1, -0.05) is 30.3 Å². The van der Waals surface area contributed by atoms with Crippen molar-refractivity contribution < 1.29 is 4.79 Å². The molecule has 21 heavy (non-hydrogen) atoms. The third-order valence-corrected chi connectivity index (χ3v) is 3.74. The van der Waals surface area contributed by atoms with Crippen LogP contribution < -0.4 is 5.32 Å². The first kappa shape index (κ1) is 15.3. The van der Waals surface area contributed by atoms with Crippen LogP contribution in [-0.4, -0.2) is 41.2 Å². The van der Waals surface area contributed by atoms with Gasteiger partial charge in [-0.3, -0.25) is 9.48 Å². The first-order valence-corrected chi connectivity index (χ1v) is 6.99. The normalized spacial score (nSPS) is 12.4. The molecule has 0 spiro atoms. The number of likely N-dealkylation sites (N-methyl/N-ethyl adjacent to an activating group) is 1. The Balaban J connectivity index is 2.06. The fourth-order valence-corrected chi connectivity index (χ4v) is 2.28. The Morgan fingerprint density at radius 1 is 1.33 bits per heavy atom. The average Bonchev–Trinajstić information content (AvgIpc) is 2.80. The van der Waals surface area contributed by atoms with E-state index < -0.39 is 0 Å². The number of hydrogen-bond acceptors (Lipinski definition) is 3. The molecule has 5 nitrogen and oxygen atoms in total. The number of rotatable bonds is 5. The zero-order valence-corrected chi connectivity index (χ0v) is 13.0. The van der Waals surface area contributed by atoms with Crippen molar-refractivity contribution in [1.82, 2.24) is 20.0 Å². The van der Waals surface area contributed by atoms with E-state index in [0.29, 0.717) is 12.1 Å². The lowest BCUT2D eigenvalue weighted by molar-refractivity contribution is 0.0941. The quantitative estimate of drug-likeness (QED) is 0.911. The number of nitrogens with one attached hydrogen (secondary N) is 1. The summed E-state index contributed by atoms with van der Waals surface area (Å²) < 4.78 is 1.70. The molecule has 0 saturated heterocycles. The van der Waals surface area contributed by atoms with Crippen LogP contribution in [0.1, 0.15) is 27.7 Å². The van der Waals surface area contributed by atoms with Crippen LogP contribution in [0.5, 0.6) is 0 Å². The van der Waals surface area contributed by atoms with Gasteiger partial charge in [0.2, 0.25) is 0 Å². The van der Waals surface area contributed by atoms with Crippen LogP contribution in [0.15, 0.2) is 36.5 Å². The van der Waals surface area contributed by atoms with E-state index in [9.17, 15) is 4.79 Å². The van der Waals surface area contributed by atoms with Crippen LogP contribution in [0.25, 0.3) is 0 Å². The van der Waals surface area contributed by atoms with Gasteiger partial charge in [-0.25, -0.2) is 0 Å². The van der Waals surface area contributed by atoms with Crippen LogP contribution in [0.2, 0.25) is 0 Å². The number of nitrogens with zero attached hydrogens (tertiary/aromatic N) is 3. The summed E-state index contributed by atoms with van der Waals surface area (Å²) in [6, 6.07) is 10.3. The molecule has 0 radical (unpaired) electrons. The van der Waals surface area contributed by atoms with E-state index in [-0.39, 0.29) is 11.9 Å². The molecule has 5 heteroatoms. The molecule has 112 valence electrons. The van der Waals surface area contributed by atoms with Crippen molar-refractivity contribution >= 4 is 5.91 Å². The van der Waals surface area contributed by atoms with Crippen LogP contribution in [-0.2, 0) is 7.05 Å². The highest BCUT2D eigenvalue weighted by molar-refractivity contribution is 5.95. The minimum atomic E-state index is -0.0802. The molecular weight excluding hydrogens is 264 g/mol. The van der Waals surface area contributed by atoms with Crippen molar-refractivity contribution in [3.05, 3.63) is 53.3 Å². The average molecular weight is 286 g/mol. The van der Waals surface area contributed by atoms with Gasteiger partial charge in [0, 0.05) is 19.3 Å². The van der Waals surface area contributed by atoms with Gasteiger partial charge < -0.3 is 10.2 Å². The van der Waals surface area contributed by atoms with Crippen molar-refractivity contribution in [1.29, 1.82) is 0 Å². The predicted octanol–water partition coefficient (Wildman–Crippen LogP) is 1.76. The van der Waals surface area contributed by atoms with E-state index in [4.69, 9.17) is 0 Å². The van der Waals surface area contributed by atoms with Gasteiger partial charge in [-0.2, -0.15) is 5.10 Å². The van der Waals surface area contributed by atoms with Crippen molar-refractivity contribution in [3.63, 3.8) is 0 Å². The highest BCUT2D eigenvalue weighted by atomic mass is 16.1. The highest BCUT2D eigenvalue weighted by Crippen LogP contribution is 2.17. The van der Waals surface area contributed by atoms with Crippen molar-refractivity contribution in [3.8, 4) is 0 Å². The number of amides is 1. The smallest absolute Gasteiger partial charge is 0.254 e. The first-order valence-electron chi connectivity index (χ1n) is 6.99. The maximum absolute atomic E-state index is 12.3. The summed E-state index contributed by atoms with van der Waals surface area (Å²) in [7, 11) is 5.86. The lowest BCUT2D eigenvalue weighted by Gasteiger charge is -2.25. The van der Waals surface area contributed by atoms with E-state index in [1.54, 1.807) is 10.9 Å². The molecule has 0 bridgehead atoms. The molecule has 1 N–H and O–H groups in total. The summed E-state index contributed by atoms with van der Waals surface area (Å²) in [5, 5.41) is 7.10. The lowest BCUT2D eigenvalue weighted by atomic mass is 10.1. The Labute approximate surface area is 125 Å². The first-order chi connectivity index (χ1) is 10.0. The Bertz CT molecular complexity index is 604. The molecule has 1 aromatic heterocycles. The summed E-state index contributed by atoms with van der Waals surface area (Å²) in [5.74, 6) is -0.0802. The maximum atomic E-state index is 12.3. The van der Waals surface area contributed by atoms with Crippen LogP contribution in [0.4, 0.5) is 0 Å². The molecule has 1 amide bonds. The summed E-state index contributed by atoms with van der Waals surface area (Å²) in [6.07, 6.45) is 1.61. The Hall–Kier alpha value is -2.14. The number of carbonyl (C=O) groups is 1. The van der Waals surface area contributed by atoms with E-state index in [0.717, 1.165) is 5.69 Å². The molecule has 1 aromatic carbocycles. The van der Waals surface area contributed by atoms with Gasteiger partial charge in [0.1, 0.15) is 0 Å². The molecule has 1 heterocycles. The summed E-state index contributed by atoms with van der Waals surface area (Å²) in [5.41, 5.74) is 2.68. The largest absolute Gasteiger partial charge is 0.350 e. The standard InChI is InChI=1S/C16H22N4O/c1-12-14(10-18-20(12)4)16(21)17-11-15(19(2)3)13-8-6-5-7-9-13/h5-10,15H,11H2,1-4H3,(H,17,21). The molecule has 1 unspecified atom stereocenters. The summed E-state index contributed by atoms with van der Waals surface area (Å²) in [6.45, 7) is 2.45. The lowest BCUT2D eigenvalue weighted by Crippen LogP contribution is -2.34. The Morgan fingerprint density at radius 2 is 2.00 bits per heavy atom. The van der Waals surface area contributed by atoms with Gasteiger partial charge in [-0.15, -0.1) is 0 Å². The van der Waals surface area contributed by atoms with Crippen LogP contribution in [0.3, 0.4) is 0 Å². The third kappa shape index (κ3) is 3.49. The molecule has 0 aliphatic carbocycles. The monoisotopic (exact) mass is 286 g/mol. The van der Waals surface area contributed by atoms with Crippen molar-refractivity contribution in [2.75, 3.05) is 20.6 Å². The maximum Gasteiger partial charge on any atom is 0.254 e. The van der Waals surface area contributed by atoms with Gasteiger partial charge in [0.25, 0.3) is 5.91 Å². The predicted molar refractivity (Wildman–Crippen MR) is 83.1 cm³/mol. The number of carbonyl (C=O) groups excluding carboxylic acids is 1. The molecule has 2 aromatic rings. The SMILES string of the molecule is Cc1c(C(=O)NCC(c2ccccc2)N(C)C)cnn1C. The second kappa shape index (κ2) is 6.54. The highest BCUT2D eigenvalue weighted by Gasteiger charge is 2.17. The number of aryl methyl sites for hydroxylation is 1. The Kier molecular flexibility index (Phi) is 4.75. The van der Waals surface area contributed by atoms with Gasteiger partial charge in [0.15, 0.2) is 0 Å². The molecule has 0 saturated carbocycles. The van der Waals surface area contributed by atoms with E-state index >= 15 is 0 Å². The van der Waals surface area contributed by atoms with Crippen molar-refractivity contribution in [2.45, 2.75) is 13.0 Å². The molecule has 0 aliphatic heterocycles. The minimum absolute atomic E-state index is 0.0802. The Morgan fingerprint density at radius 3 is 2.52 bits per heavy atom. The topological polar surface area (TPSA) is 50.2 Å². The zero-order valence-electron chi connectivity index (χ0n) is 13.0. The summed E-state index contributed by atoms with van der Waals surface area (Å²) in [4.78, 5) is 14.4. The summed E-state index contributed by atoms with van der Waals surface area (Å²) >= 11 is 0. The molecule has 0 aliphatic rings. The molecule has 2 rings (SSSR count). The molecule has 1 atom stereocenters. The number of aromatic nitrogens is 2. The van der Waals surface area contributed by atoms with E-state index in [2.05, 4.69) is 27.4 Å². The third-order valence-electron chi connectivity index (χ3n) is 3.74. The van der Waals surface area contributed by atoms with E-state index in [1.807, 2.05) is 46.3 Å². The van der Waals surface area contributed by atoms with Crippen molar-refractivity contribution in [2.24, 2.45) is 7.05 Å². The second-order valence-electron chi connectivity index (χ2n) is 5.37. The number of benzene rings is 1. The second-order valence-corrected chi connectivity index (χ2v) is 5.37. The fraction of sp³-hybridized carbons (Fsp3) is 0.375. The van der Waals surface area contributed by atoms with E-state index in [1.165, 1.54) is 5.56 Å².